The maximum Gasteiger partial charge on any atom is 0.166 e. The second-order valence-corrected chi connectivity index (χ2v) is 4.96. The fourth-order valence-corrected chi connectivity index (χ4v) is 2.51. The van der Waals surface area contributed by atoms with Crippen LogP contribution < -0.4 is 9.47 Å². The molecule has 0 atom stereocenters. The minimum absolute atomic E-state index is 0.0819. The summed E-state index contributed by atoms with van der Waals surface area (Å²) in [6, 6.07) is 5.50. The molecule has 1 aromatic carbocycles. The molecule has 1 aromatic rings. The molecule has 0 saturated carbocycles. The van der Waals surface area contributed by atoms with Gasteiger partial charge in [-0.05, 0) is 31.0 Å². The van der Waals surface area contributed by atoms with Crippen LogP contribution >= 0.6 is 0 Å². The largest absolute Gasteiger partial charge is 0.490 e. The average Bonchev–Trinajstić information content (AvgIpc) is 2.72. The molecule has 19 heavy (non-hydrogen) atoms. The molecular weight excluding hydrogens is 244 g/mol. The highest BCUT2D eigenvalue weighted by molar-refractivity contribution is 5.98. The fraction of sp³-hybridized carbons (Fsp3) is 0.533. The van der Waals surface area contributed by atoms with Gasteiger partial charge in [-0.15, -0.1) is 0 Å². The summed E-state index contributed by atoms with van der Waals surface area (Å²) in [7, 11) is 0. The summed E-state index contributed by atoms with van der Waals surface area (Å²) < 4.78 is 16.5. The van der Waals surface area contributed by atoms with Gasteiger partial charge >= 0.3 is 0 Å². The van der Waals surface area contributed by atoms with Crippen LogP contribution in [0.15, 0.2) is 18.2 Å². The van der Waals surface area contributed by atoms with Crippen molar-refractivity contribution in [2.24, 2.45) is 5.92 Å². The summed E-state index contributed by atoms with van der Waals surface area (Å²) in [6.07, 6.45) is 2.50. The number of ether oxygens (including phenoxy) is 3. The van der Waals surface area contributed by atoms with Crippen LogP contribution in [0.1, 0.15) is 29.6 Å². The Morgan fingerprint density at radius 3 is 2.53 bits per heavy atom. The zero-order valence-electron chi connectivity index (χ0n) is 10.9. The smallest absolute Gasteiger partial charge is 0.166 e. The van der Waals surface area contributed by atoms with Crippen molar-refractivity contribution in [1.29, 1.82) is 0 Å². The van der Waals surface area contributed by atoms with E-state index in [4.69, 9.17) is 14.2 Å². The van der Waals surface area contributed by atoms with E-state index in [2.05, 4.69) is 0 Å². The van der Waals surface area contributed by atoms with Gasteiger partial charge in [0.25, 0.3) is 0 Å². The predicted molar refractivity (Wildman–Crippen MR) is 69.9 cm³/mol. The third-order valence-corrected chi connectivity index (χ3v) is 3.62. The Hall–Kier alpha value is -1.55. The van der Waals surface area contributed by atoms with Crippen molar-refractivity contribution in [3.8, 4) is 11.5 Å². The first-order chi connectivity index (χ1) is 9.34. The molecular formula is C15H18O4. The number of fused-ring (bicyclic) bond motifs is 1. The summed E-state index contributed by atoms with van der Waals surface area (Å²) in [5.41, 5.74) is 0.719. The van der Waals surface area contributed by atoms with Crippen LogP contribution in [-0.4, -0.2) is 32.2 Å². The summed E-state index contributed by atoms with van der Waals surface area (Å²) in [6.45, 7) is 2.67. The van der Waals surface area contributed by atoms with Crippen molar-refractivity contribution in [1.82, 2.24) is 0 Å². The molecule has 0 amide bonds. The molecule has 0 radical (unpaired) electrons. The van der Waals surface area contributed by atoms with E-state index in [-0.39, 0.29) is 11.7 Å². The summed E-state index contributed by atoms with van der Waals surface area (Å²) in [4.78, 5) is 12.4. The van der Waals surface area contributed by atoms with Gasteiger partial charge in [0, 0.05) is 31.1 Å². The molecule has 0 aromatic heterocycles. The lowest BCUT2D eigenvalue weighted by atomic mass is 9.91. The maximum atomic E-state index is 12.4. The molecule has 4 heteroatoms. The number of rotatable bonds is 2. The van der Waals surface area contributed by atoms with Crippen molar-refractivity contribution in [3.63, 3.8) is 0 Å². The molecule has 0 spiro atoms. The highest BCUT2D eigenvalue weighted by atomic mass is 16.5. The van der Waals surface area contributed by atoms with E-state index in [0.29, 0.717) is 32.2 Å². The van der Waals surface area contributed by atoms with Gasteiger partial charge in [-0.1, -0.05) is 0 Å². The van der Waals surface area contributed by atoms with Gasteiger partial charge in [0.1, 0.15) is 0 Å². The van der Waals surface area contributed by atoms with Crippen LogP contribution in [0.5, 0.6) is 11.5 Å². The van der Waals surface area contributed by atoms with Gasteiger partial charge in [-0.25, -0.2) is 0 Å². The topological polar surface area (TPSA) is 44.8 Å². The van der Waals surface area contributed by atoms with Crippen LogP contribution in [0.3, 0.4) is 0 Å². The standard InChI is InChI=1S/C15H18O4/c16-15(11-4-8-17-9-5-11)12-2-3-13-14(10-12)19-7-1-6-18-13/h2-3,10-11H,1,4-9H2. The van der Waals surface area contributed by atoms with Crippen LogP contribution in [0, 0.1) is 5.92 Å². The van der Waals surface area contributed by atoms with Crippen LogP contribution in [0.2, 0.25) is 0 Å². The molecule has 3 rings (SSSR count). The molecule has 4 nitrogen and oxygen atoms in total. The van der Waals surface area contributed by atoms with E-state index in [9.17, 15) is 4.79 Å². The highest BCUT2D eigenvalue weighted by Gasteiger charge is 2.24. The average molecular weight is 262 g/mol. The van der Waals surface area contributed by atoms with Gasteiger partial charge in [0.15, 0.2) is 17.3 Å². The fourth-order valence-electron chi connectivity index (χ4n) is 2.51. The van der Waals surface area contributed by atoms with Crippen molar-refractivity contribution in [2.75, 3.05) is 26.4 Å². The van der Waals surface area contributed by atoms with E-state index < -0.39 is 0 Å². The van der Waals surface area contributed by atoms with E-state index in [1.165, 1.54) is 0 Å². The Bertz CT molecular complexity index is 463. The first-order valence-corrected chi connectivity index (χ1v) is 6.86. The van der Waals surface area contributed by atoms with Crippen LogP contribution in [0.4, 0.5) is 0 Å². The molecule has 0 bridgehead atoms. The number of hydrogen-bond donors (Lipinski definition) is 0. The minimum atomic E-state index is 0.0819. The summed E-state index contributed by atoms with van der Waals surface area (Å²) in [5, 5.41) is 0. The highest BCUT2D eigenvalue weighted by Crippen LogP contribution is 2.32. The number of benzene rings is 1. The van der Waals surface area contributed by atoms with E-state index in [1.54, 1.807) is 0 Å². The van der Waals surface area contributed by atoms with Crippen LogP contribution in [-0.2, 0) is 4.74 Å². The number of carbonyl (C=O) groups is 1. The molecule has 0 aliphatic carbocycles. The molecule has 0 N–H and O–H groups in total. The number of carbonyl (C=O) groups excluding carboxylic acids is 1. The third kappa shape index (κ3) is 2.73. The first kappa shape index (κ1) is 12.5. The van der Waals surface area contributed by atoms with Gasteiger partial charge in [0.05, 0.1) is 13.2 Å². The van der Waals surface area contributed by atoms with Crippen molar-refractivity contribution < 1.29 is 19.0 Å². The monoisotopic (exact) mass is 262 g/mol. The van der Waals surface area contributed by atoms with Gasteiger partial charge < -0.3 is 14.2 Å². The summed E-state index contributed by atoms with van der Waals surface area (Å²) >= 11 is 0. The first-order valence-electron chi connectivity index (χ1n) is 6.86. The minimum Gasteiger partial charge on any atom is -0.490 e. The van der Waals surface area contributed by atoms with Gasteiger partial charge in [0.2, 0.25) is 0 Å². The molecule has 1 fully saturated rings. The molecule has 2 aliphatic rings. The third-order valence-electron chi connectivity index (χ3n) is 3.62. The molecule has 2 heterocycles. The lowest BCUT2D eigenvalue weighted by Crippen LogP contribution is -2.23. The van der Waals surface area contributed by atoms with Gasteiger partial charge in [-0.2, -0.15) is 0 Å². The predicted octanol–water partition coefficient (Wildman–Crippen LogP) is 2.46. The molecule has 0 unspecified atom stereocenters. The van der Waals surface area contributed by atoms with Crippen LogP contribution in [0.25, 0.3) is 0 Å². The quantitative estimate of drug-likeness (QED) is 0.768. The maximum absolute atomic E-state index is 12.4. The number of Topliss-reactive ketones (excluding diaryl/α,β-unsaturated/α-hetero) is 1. The Kier molecular flexibility index (Phi) is 3.69. The summed E-state index contributed by atoms with van der Waals surface area (Å²) in [5.74, 6) is 1.70. The second kappa shape index (κ2) is 5.61. The van der Waals surface area contributed by atoms with E-state index in [1.807, 2.05) is 18.2 Å². The SMILES string of the molecule is O=C(c1ccc2c(c1)OCCCO2)C1CCOCC1. The zero-order valence-corrected chi connectivity index (χ0v) is 10.9. The Morgan fingerprint density at radius 2 is 1.74 bits per heavy atom. The van der Waals surface area contributed by atoms with E-state index >= 15 is 0 Å². The zero-order chi connectivity index (χ0) is 13.1. The second-order valence-electron chi connectivity index (χ2n) is 4.96. The lowest BCUT2D eigenvalue weighted by molar-refractivity contribution is 0.0544. The number of hydrogen-bond acceptors (Lipinski definition) is 4. The Labute approximate surface area is 112 Å². The Balaban J connectivity index is 1.80. The molecule has 1 saturated heterocycles. The van der Waals surface area contributed by atoms with E-state index in [0.717, 1.165) is 30.6 Å². The van der Waals surface area contributed by atoms with Gasteiger partial charge in [-0.3, -0.25) is 4.79 Å². The lowest BCUT2D eigenvalue weighted by Gasteiger charge is -2.21. The Morgan fingerprint density at radius 1 is 1.00 bits per heavy atom. The van der Waals surface area contributed by atoms with Crippen molar-refractivity contribution in [3.05, 3.63) is 23.8 Å². The van der Waals surface area contributed by atoms with Crippen molar-refractivity contribution >= 4 is 5.78 Å². The molecule has 2 aliphatic heterocycles. The normalized spacial score (nSPS) is 19.8. The molecule has 102 valence electrons. The van der Waals surface area contributed by atoms with Crippen molar-refractivity contribution in [2.45, 2.75) is 19.3 Å². The number of ketones is 1.